The molecule has 0 amide bonds. The molecule has 0 atom stereocenters. The first-order valence-electron chi connectivity index (χ1n) is 8.66. The van der Waals surface area contributed by atoms with Crippen LogP contribution in [-0.4, -0.2) is 26.7 Å². The molecule has 27 heavy (non-hydrogen) atoms. The second kappa shape index (κ2) is 7.44. The Balaban J connectivity index is 2.12. The minimum Gasteiger partial charge on any atom is -0.319 e. The van der Waals surface area contributed by atoms with Crippen molar-refractivity contribution in [1.82, 2.24) is 0 Å². The molecular formula is C22H23ClO2P2. The quantitative estimate of drug-likeness (QED) is 0.476. The van der Waals surface area contributed by atoms with Crippen LogP contribution in [0.4, 0.5) is 0 Å². The van der Waals surface area contributed by atoms with Crippen molar-refractivity contribution in [3.63, 3.8) is 0 Å². The lowest BCUT2D eigenvalue weighted by molar-refractivity contribution is 0.587. The van der Waals surface area contributed by atoms with Gasteiger partial charge in [-0.15, -0.1) is 0 Å². The number of halogens is 1. The lowest BCUT2D eigenvalue weighted by atomic mass is 9.99. The molecule has 0 fully saturated rings. The van der Waals surface area contributed by atoms with Crippen LogP contribution in [-0.2, 0) is 9.13 Å². The van der Waals surface area contributed by atoms with Crippen LogP contribution in [0.25, 0.3) is 22.3 Å². The lowest BCUT2D eigenvalue weighted by Crippen LogP contribution is -2.03. The minimum absolute atomic E-state index is 0.630. The number of hydrogen-bond acceptors (Lipinski definition) is 2. The predicted octanol–water partition coefficient (Wildman–Crippen LogP) is 6.17. The van der Waals surface area contributed by atoms with Crippen molar-refractivity contribution in [3.8, 4) is 22.3 Å². The highest BCUT2D eigenvalue weighted by Gasteiger charge is 2.14. The zero-order chi connectivity index (χ0) is 19.8. The summed E-state index contributed by atoms with van der Waals surface area (Å²) in [5.74, 6) is 0. The first kappa shape index (κ1) is 20.2. The van der Waals surface area contributed by atoms with E-state index in [2.05, 4.69) is 6.07 Å². The summed E-state index contributed by atoms with van der Waals surface area (Å²) in [4.78, 5) is 0. The van der Waals surface area contributed by atoms with Gasteiger partial charge in [0, 0.05) is 15.6 Å². The summed E-state index contributed by atoms with van der Waals surface area (Å²) >= 11 is 6.40. The fourth-order valence-corrected chi connectivity index (χ4v) is 4.99. The van der Waals surface area contributed by atoms with Gasteiger partial charge >= 0.3 is 0 Å². The van der Waals surface area contributed by atoms with Gasteiger partial charge in [0.25, 0.3) is 0 Å². The molecule has 0 aliphatic heterocycles. The van der Waals surface area contributed by atoms with E-state index in [9.17, 15) is 9.13 Å². The van der Waals surface area contributed by atoms with Crippen LogP contribution in [0.5, 0.6) is 0 Å². The van der Waals surface area contributed by atoms with Gasteiger partial charge in [-0.3, -0.25) is 0 Å². The van der Waals surface area contributed by atoms with Crippen molar-refractivity contribution in [2.45, 2.75) is 0 Å². The molecule has 3 rings (SSSR count). The van der Waals surface area contributed by atoms with E-state index in [1.165, 1.54) is 0 Å². The molecule has 140 valence electrons. The van der Waals surface area contributed by atoms with E-state index < -0.39 is 14.3 Å². The molecule has 0 spiro atoms. The maximum atomic E-state index is 12.4. The maximum Gasteiger partial charge on any atom is 0.109 e. The summed E-state index contributed by atoms with van der Waals surface area (Å²) in [7, 11) is -4.67. The van der Waals surface area contributed by atoms with Crippen LogP contribution in [0.3, 0.4) is 0 Å². The maximum absolute atomic E-state index is 12.4. The third-order valence-corrected chi connectivity index (χ3v) is 7.76. The standard InChI is InChI=1S/C22H23ClO2P2/c1-26(2,24)21-9-5-7-16(14-21)18-11-19(13-20(23)12-18)17-8-6-10-22(15-17)27(3,4)25/h5-15H,1-4H3. The Morgan fingerprint density at radius 3 is 1.37 bits per heavy atom. The number of hydrogen-bond donors (Lipinski definition) is 0. The zero-order valence-electron chi connectivity index (χ0n) is 15.9. The van der Waals surface area contributed by atoms with Crippen molar-refractivity contribution in [1.29, 1.82) is 0 Å². The monoisotopic (exact) mass is 416 g/mol. The third-order valence-electron chi connectivity index (χ3n) is 4.50. The highest BCUT2D eigenvalue weighted by Crippen LogP contribution is 2.38. The fourth-order valence-electron chi connectivity index (χ4n) is 2.96. The van der Waals surface area contributed by atoms with Crippen LogP contribution in [0.2, 0.25) is 5.02 Å². The van der Waals surface area contributed by atoms with Gasteiger partial charge in [-0.2, -0.15) is 0 Å². The molecule has 3 aromatic carbocycles. The predicted molar refractivity (Wildman–Crippen MR) is 121 cm³/mol. The molecule has 0 unspecified atom stereocenters. The summed E-state index contributed by atoms with van der Waals surface area (Å²) in [6, 6.07) is 21.5. The number of benzene rings is 3. The van der Waals surface area contributed by atoms with E-state index in [0.29, 0.717) is 5.02 Å². The van der Waals surface area contributed by atoms with Crippen molar-refractivity contribution in [2.75, 3.05) is 26.7 Å². The Morgan fingerprint density at radius 1 is 0.593 bits per heavy atom. The summed E-state index contributed by atoms with van der Waals surface area (Å²) < 4.78 is 24.9. The van der Waals surface area contributed by atoms with E-state index in [1.54, 1.807) is 26.7 Å². The fraction of sp³-hybridized carbons (Fsp3) is 0.182. The van der Waals surface area contributed by atoms with Crippen LogP contribution < -0.4 is 10.6 Å². The Kier molecular flexibility index (Phi) is 5.55. The van der Waals surface area contributed by atoms with E-state index in [-0.39, 0.29) is 0 Å². The molecule has 2 nitrogen and oxygen atoms in total. The first-order chi connectivity index (χ1) is 12.5. The Hall–Kier alpha value is -1.59. The summed E-state index contributed by atoms with van der Waals surface area (Å²) in [6.07, 6.45) is 0. The molecule has 0 N–H and O–H groups in total. The summed E-state index contributed by atoms with van der Waals surface area (Å²) in [5.41, 5.74) is 3.89. The molecular weight excluding hydrogens is 394 g/mol. The highest BCUT2D eigenvalue weighted by molar-refractivity contribution is 7.70. The summed E-state index contributed by atoms with van der Waals surface area (Å²) in [6.45, 7) is 7.09. The average Bonchev–Trinajstić information content (AvgIpc) is 2.60. The lowest BCUT2D eigenvalue weighted by Gasteiger charge is -2.13. The molecule has 0 saturated carbocycles. The van der Waals surface area contributed by atoms with E-state index in [1.807, 2.05) is 60.7 Å². The van der Waals surface area contributed by atoms with Crippen molar-refractivity contribution in [3.05, 3.63) is 71.8 Å². The van der Waals surface area contributed by atoms with Gasteiger partial charge in [0.2, 0.25) is 0 Å². The smallest absolute Gasteiger partial charge is 0.109 e. The van der Waals surface area contributed by atoms with E-state index >= 15 is 0 Å². The van der Waals surface area contributed by atoms with Gasteiger partial charge in [0.05, 0.1) is 0 Å². The minimum atomic E-state index is -2.34. The second-order valence-electron chi connectivity index (χ2n) is 7.53. The van der Waals surface area contributed by atoms with Gasteiger partial charge < -0.3 is 9.13 Å². The van der Waals surface area contributed by atoms with Crippen LogP contribution in [0.15, 0.2) is 66.7 Å². The normalized spacial score (nSPS) is 12.2. The SMILES string of the molecule is CP(C)(=O)c1cccc(-c2cc(Cl)cc(-c3cccc(P(C)(C)=O)c3)c2)c1. The van der Waals surface area contributed by atoms with Gasteiger partial charge in [0.1, 0.15) is 14.3 Å². The van der Waals surface area contributed by atoms with Gasteiger partial charge in [-0.05, 0) is 79.2 Å². The second-order valence-corrected chi connectivity index (χ2v) is 14.4. The van der Waals surface area contributed by atoms with Crippen LogP contribution >= 0.6 is 25.9 Å². The first-order valence-corrected chi connectivity index (χ1v) is 14.2. The van der Waals surface area contributed by atoms with Crippen molar-refractivity contribution < 1.29 is 9.13 Å². The molecule has 0 aromatic heterocycles. The van der Waals surface area contributed by atoms with E-state index in [4.69, 9.17) is 11.6 Å². The largest absolute Gasteiger partial charge is 0.319 e. The molecule has 0 aliphatic carbocycles. The molecule has 3 aromatic rings. The highest BCUT2D eigenvalue weighted by atomic mass is 35.5. The molecule has 0 bridgehead atoms. The van der Waals surface area contributed by atoms with Gasteiger partial charge in [-0.25, -0.2) is 0 Å². The zero-order valence-corrected chi connectivity index (χ0v) is 18.5. The van der Waals surface area contributed by atoms with Crippen molar-refractivity contribution >= 4 is 36.5 Å². The molecule has 5 heteroatoms. The topological polar surface area (TPSA) is 34.1 Å². The van der Waals surface area contributed by atoms with Gasteiger partial charge in [-0.1, -0.05) is 48.0 Å². The van der Waals surface area contributed by atoms with E-state index in [0.717, 1.165) is 32.9 Å². The van der Waals surface area contributed by atoms with Crippen LogP contribution in [0, 0.1) is 0 Å². The molecule has 0 saturated heterocycles. The molecule has 0 heterocycles. The Labute approximate surface area is 166 Å². The third kappa shape index (κ3) is 4.82. The summed E-state index contributed by atoms with van der Waals surface area (Å²) in [5, 5.41) is 2.33. The molecule has 0 aliphatic rings. The number of rotatable bonds is 4. The average molecular weight is 417 g/mol. The Bertz CT molecular complexity index is 1010. The van der Waals surface area contributed by atoms with Crippen molar-refractivity contribution in [2.24, 2.45) is 0 Å². The molecule has 0 radical (unpaired) electrons. The Morgan fingerprint density at radius 2 is 1.00 bits per heavy atom. The van der Waals surface area contributed by atoms with Gasteiger partial charge in [0.15, 0.2) is 0 Å². The van der Waals surface area contributed by atoms with Crippen LogP contribution in [0.1, 0.15) is 0 Å².